The summed E-state index contributed by atoms with van der Waals surface area (Å²) in [6, 6.07) is 15.1. The topological polar surface area (TPSA) is 37.3 Å². The number of aromatic carboxylic acids is 1. The highest BCUT2D eigenvalue weighted by molar-refractivity contribution is 5.88. The first-order valence-electron chi connectivity index (χ1n) is 6.15. The van der Waals surface area contributed by atoms with Gasteiger partial charge in [-0.05, 0) is 42.7 Å². The molecular formula is C17H16O2. The number of carboxylic acids is 1. The van der Waals surface area contributed by atoms with Crippen molar-refractivity contribution in [2.24, 2.45) is 0 Å². The highest BCUT2D eigenvalue weighted by Crippen LogP contribution is 2.21. The van der Waals surface area contributed by atoms with Crippen LogP contribution >= 0.6 is 0 Å². The van der Waals surface area contributed by atoms with Gasteiger partial charge in [-0.2, -0.15) is 0 Å². The van der Waals surface area contributed by atoms with Gasteiger partial charge in [0.2, 0.25) is 0 Å². The molecule has 2 nitrogen and oxygen atoms in total. The molecule has 0 amide bonds. The van der Waals surface area contributed by atoms with Gasteiger partial charge in [-0.15, -0.1) is 0 Å². The zero-order valence-electron chi connectivity index (χ0n) is 11.1. The van der Waals surface area contributed by atoms with Crippen LogP contribution in [0.4, 0.5) is 0 Å². The van der Waals surface area contributed by atoms with E-state index < -0.39 is 5.97 Å². The van der Waals surface area contributed by atoms with E-state index in [9.17, 15) is 4.79 Å². The standard InChI is InChI=1S/C17H16O2/c1-12(2)11-13-3-5-14(6-4-13)15-7-9-16(10-8-15)17(18)19/h3-11H,1-2H3,(H,18,19). The molecule has 0 spiro atoms. The Morgan fingerprint density at radius 2 is 1.37 bits per heavy atom. The second-order valence-corrected chi connectivity index (χ2v) is 4.73. The summed E-state index contributed by atoms with van der Waals surface area (Å²) in [7, 11) is 0. The molecule has 0 heterocycles. The van der Waals surface area contributed by atoms with Crippen LogP contribution in [0.1, 0.15) is 29.8 Å². The zero-order valence-corrected chi connectivity index (χ0v) is 11.1. The monoisotopic (exact) mass is 252 g/mol. The Morgan fingerprint density at radius 3 is 1.79 bits per heavy atom. The van der Waals surface area contributed by atoms with E-state index in [-0.39, 0.29) is 0 Å². The lowest BCUT2D eigenvalue weighted by atomic mass is 10.0. The second kappa shape index (κ2) is 5.53. The molecule has 0 bridgehead atoms. The molecule has 2 aromatic rings. The number of carboxylic acid groups (broad SMARTS) is 1. The smallest absolute Gasteiger partial charge is 0.335 e. The van der Waals surface area contributed by atoms with E-state index in [1.54, 1.807) is 12.1 Å². The van der Waals surface area contributed by atoms with Crippen molar-refractivity contribution in [3.05, 3.63) is 65.2 Å². The molecule has 1 N–H and O–H groups in total. The van der Waals surface area contributed by atoms with Crippen LogP contribution in [-0.4, -0.2) is 11.1 Å². The van der Waals surface area contributed by atoms with Gasteiger partial charge in [0.25, 0.3) is 0 Å². The Morgan fingerprint density at radius 1 is 0.895 bits per heavy atom. The minimum atomic E-state index is -0.898. The maximum atomic E-state index is 10.8. The van der Waals surface area contributed by atoms with Crippen LogP contribution in [0.15, 0.2) is 54.1 Å². The normalized spacial score (nSPS) is 10.0. The van der Waals surface area contributed by atoms with E-state index in [4.69, 9.17) is 5.11 Å². The van der Waals surface area contributed by atoms with E-state index in [0.29, 0.717) is 5.56 Å². The van der Waals surface area contributed by atoms with Crippen LogP contribution in [0.25, 0.3) is 17.2 Å². The van der Waals surface area contributed by atoms with E-state index in [1.807, 2.05) is 24.3 Å². The van der Waals surface area contributed by atoms with Gasteiger partial charge in [0.15, 0.2) is 0 Å². The maximum Gasteiger partial charge on any atom is 0.335 e. The molecule has 0 aliphatic carbocycles. The van der Waals surface area contributed by atoms with Gasteiger partial charge in [-0.1, -0.05) is 48.0 Å². The van der Waals surface area contributed by atoms with Crippen LogP contribution in [-0.2, 0) is 0 Å². The minimum absolute atomic E-state index is 0.310. The third-order valence-corrected chi connectivity index (χ3v) is 2.83. The van der Waals surface area contributed by atoms with Crippen molar-refractivity contribution in [3.8, 4) is 11.1 Å². The number of rotatable bonds is 3. The number of benzene rings is 2. The summed E-state index contributed by atoms with van der Waals surface area (Å²) < 4.78 is 0. The first-order valence-corrected chi connectivity index (χ1v) is 6.15. The molecule has 0 radical (unpaired) electrons. The maximum absolute atomic E-state index is 10.8. The average molecular weight is 252 g/mol. The predicted molar refractivity (Wildman–Crippen MR) is 78.2 cm³/mol. The fourth-order valence-corrected chi connectivity index (χ4v) is 1.91. The van der Waals surface area contributed by atoms with Crippen molar-refractivity contribution in [1.82, 2.24) is 0 Å². The first kappa shape index (κ1) is 13.1. The Labute approximate surface area is 113 Å². The molecular weight excluding hydrogens is 236 g/mol. The Hall–Kier alpha value is -2.35. The highest BCUT2D eigenvalue weighted by atomic mass is 16.4. The summed E-state index contributed by atoms with van der Waals surface area (Å²) in [5.74, 6) is -0.898. The van der Waals surface area contributed by atoms with Gasteiger partial charge in [0, 0.05) is 0 Å². The predicted octanol–water partition coefficient (Wildman–Crippen LogP) is 4.48. The SMILES string of the molecule is CC(C)=Cc1ccc(-c2ccc(C(=O)O)cc2)cc1. The third-order valence-electron chi connectivity index (χ3n) is 2.83. The van der Waals surface area contributed by atoms with Crippen LogP contribution in [0.2, 0.25) is 0 Å². The lowest BCUT2D eigenvalue weighted by Crippen LogP contribution is -1.94. The molecule has 2 rings (SSSR count). The van der Waals surface area contributed by atoms with Crippen molar-refractivity contribution in [2.75, 3.05) is 0 Å². The van der Waals surface area contributed by atoms with Gasteiger partial charge < -0.3 is 5.11 Å². The first-order chi connectivity index (χ1) is 9.06. The van der Waals surface area contributed by atoms with Gasteiger partial charge in [0.05, 0.1) is 5.56 Å². The van der Waals surface area contributed by atoms with Gasteiger partial charge in [-0.3, -0.25) is 0 Å². The number of hydrogen-bond donors (Lipinski definition) is 1. The molecule has 19 heavy (non-hydrogen) atoms. The molecule has 96 valence electrons. The largest absolute Gasteiger partial charge is 0.478 e. The van der Waals surface area contributed by atoms with Crippen molar-refractivity contribution < 1.29 is 9.90 Å². The molecule has 0 aliphatic heterocycles. The van der Waals surface area contributed by atoms with Crippen LogP contribution in [0, 0.1) is 0 Å². The van der Waals surface area contributed by atoms with Crippen molar-refractivity contribution in [1.29, 1.82) is 0 Å². The van der Waals surface area contributed by atoms with E-state index in [0.717, 1.165) is 11.1 Å². The van der Waals surface area contributed by atoms with Crippen LogP contribution < -0.4 is 0 Å². The summed E-state index contributed by atoms with van der Waals surface area (Å²) in [6.07, 6.45) is 2.12. The van der Waals surface area contributed by atoms with Crippen molar-refractivity contribution in [2.45, 2.75) is 13.8 Å². The third kappa shape index (κ3) is 3.32. The number of allylic oxidation sites excluding steroid dienone is 1. The van der Waals surface area contributed by atoms with Crippen LogP contribution in [0.5, 0.6) is 0 Å². The summed E-state index contributed by atoms with van der Waals surface area (Å²) in [4.78, 5) is 10.8. The fraction of sp³-hybridized carbons (Fsp3) is 0.118. The molecule has 2 aromatic carbocycles. The van der Waals surface area contributed by atoms with E-state index in [2.05, 4.69) is 32.1 Å². The second-order valence-electron chi connectivity index (χ2n) is 4.73. The fourth-order valence-electron chi connectivity index (χ4n) is 1.91. The van der Waals surface area contributed by atoms with Gasteiger partial charge in [0.1, 0.15) is 0 Å². The Bertz CT molecular complexity index is 601. The lowest BCUT2D eigenvalue weighted by molar-refractivity contribution is 0.0697. The van der Waals surface area contributed by atoms with Crippen molar-refractivity contribution in [3.63, 3.8) is 0 Å². The molecule has 0 aromatic heterocycles. The lowest BCUT2D eigenvalue weighted by Gasteiger charge is -2.03. The summed E-state index contributed by atoms with van der Waals surface area (Å²) in [5, 5.41) is 8.86. The van der Waals surface area contributed by atoms with Gasteiger partial charge in [-0.25, -0.2) is 4.79 Å². The molecule has 2 heteroatoms. The zero-order chi connectivity index (χ0) is 13.8. The molecule has 0 fully saturated rings. The van der Waals surface area contributed by atoms with Crippen LogP contribution in [0.3, 0.4) is 0 Å². The number of hydrogen-bond acceptors (Lipinski definition) is 1. The average Bonchev–Trinajstić information content (AvgIpc) is 2.39. The van der Waals surface area contributed by atoms with Gasteiger partial charge >= 0.3 is 5.97 Å². The van der Waals surface area contributed by atoms with Crippen molar-refractivity contribution >= 4 is 12.0 Å². The Kier molecular flexibility index (Phi) is 3.81. The number of carbonyl (C=O) groups is 1. The molecule has 0 saturated carbocycles. The molecule has 0 atom stereocenters. The highest BCUT2D eigenvalue weighted by Gasteiger charge is 2.02. The molecule has 0 saturated heterocycles. The van der Waals surface area contributed by atoms with E-state index >= 15 is 0 Å². The minimum Gasteiger partial charge on any atom is -0.478 e. The summed E-state index contributed by atoms with van der Waals surface area (Å²) in [5.41, 5.74) is 4.85. The molecule has 0 aliphatic rings. The molecule has 0 unspecified atom stereocenters. The summed E-state index contributed by atoms with van der Waals surface area (Å²) in [6.45, 7) is 4.14. The van der Waals surface area contributed by atoms with E-state index in [1.165, 1.54) is 11.1 Å². The quantitative estimate of drug-likeness (QED) is 0.874. The summed E-state index contributed by atoms with van der Waals surface area (Å²) >= 11 is 0. The Balaban J connectivity index is 2.27.